The molecule has 2 nitrogen and oxygen atoms in total. The average molecular weight is 214 g/mol. The van der Waals surface area contributed by atoms with Gasteiger partial charge in [-0.2, -0.15) is 5.26 Å². The zero-order chi connectivity index (χ0) is 11.4. The molecule has 0 aliphatic heterocycles. The van der Waals surface area contributed by atoms with Crippen LogP contribution in [0.4, 0.5) is 5.69 Å². The second kappa shape index (κ2) is 4.57. The van der Waals surface area contributed by atoms with Crippen molar-refractivity contribution in [3.05, 3.63) is 30.3 Å². The van der Waals surface area contributed by atoms with Crippen molar-refractivity contribution in [2.45, 2.75) is 38.1 Å². The van der Waals surface area contributed by atoms with Gasteiger partial charge in [0.1, 0.15) is 5.54 Å². The van der Waals surface area contributed by atoms with Crippen LogP contribution in [0.5, 0.6) is 0 Å². The highest BCUT2D eigenvalue weighted by Gasteiger charge is 2.30. The minimum atomic E-state index is -0.424. The molecule has 1 unspecified atom stereocenters. The van der Waals surface area contributed by atoms with Crippen LogP contribution in [0, 0.1) is 17.2 Å². The summed E-state index contributed by atoms with van der Waals surface area (Å²) in [6.45, 7) is 2.00. The molecule has 0 aromatic heterocycles. The predicted octanol–water partition coefficient (Wildman–Crippen LogP) is 3.57. The number of rotatable bonds is 4. The molecule has 1 N–H and O–H groups in total. The summed E-state index contributed by atoms with van der Waals surface area (Å²) < 4.78 is 0. The SMILES string of the molecule is CC(C#N)(CC1CCC1)Nc1ccccc1. The van der Waals surface area contributed by atoms with Gasteiger partial charge >= 0.3 is 0 Å². The van der Waals surface area contributed by atoms with Crippen LogP contribution in [0.1, 0.15) is 32.6 Å². The van der Waals surface area contributed by atoms with Gasteiger partial charge in [0, 0.05) is 5.69 Å². The molecule has 2 heteroatoms. The van der Waals surface area contributed by atoms with Crippen LogP contribution in [-0.4, -0.2) is 5.54 Å². The topological polar surface area (TPSA) is 35.8 Å². The van der Waals surface area contributed by atoms with E-state index in [1.165, 1.54) is 19.3 Å². The van der Waals surface area contributed by atoms with E-state index in [4.69, 9.17) is 0 Å². The van der Waals surface area contributed by atoms with E-state index in [-0.39, 0.29) is 0 Å². The lowest BCUT2D eigenvalue weighted by Gasteiger charge is -2.33. The molecule has 16 heavy (non-hydrogen) atoms. The summed E-state index contributed by atoms with van der Waals surface area (Å²) in [6.07, 6.45) is 4.86. The second-order valence-electron chi connectivity index (χ2n) is 4.94. The Balaban J connectivity index is 2.01. The maximum atomic E-state index is 9.30. The van der Waals surface area contributed by atoms with Crippen molar-refractivity contribution < 1.29 is 0 Å². The van der Waals surface area contributed by atoms with E-state index in [9.17, 15) is 5.26 Å². The van der Waals surface area contributed by atoms with Crippen LogP contribution >= 0.6 is 0 Å². The Hall–Kier alpha value is -1.49. The molecule has 0 amide bonds. The summed E-state index contributed by atoms with van der Waals surface area (Å²) in [6, 6.07) is 12.4. The molecule has 84 valence electrons. The smallest absolute Gasteiger partial charge is 0.122 e. The van der Waals surface area contributed by atoms with Crippen LogP contribution in [0.2, 0.25) is 0 Å². The van der Waals surface area contributed by atoms with Crippen LogP contribution in [-0.2, 0) is 0 Å². The molecule has 2 rings (SSSR count). The Kier molecular flexibility index (Phi) is 3.14. The first-order chi connectivity index (χ1) is 7.72. The number of hydrogen-bond donors (Lipinski definition) is 1. The molecule has 1 aromatic carbocycles. The predicted molar refractivity (Wildman–Crippen MR) is 66.0 cm³/mol. The molecule has 0 saturated heterocycles. The Bertz CT molecular complexity index is 375. The first kappa shape index (κ1) is 11.0. The Morgan fingerprint density at radius 1 is 1.38 bits per heavy atom. The lowest BCUT2D eigenvalue weighted by atomic mass is 9.77. The van der Waals surface area contributed by atoms with Crippen LogP contribution < -0.4 is 5.32 Å². The maximum absolute atomic E-state index is 9.30. The molecule has 1 saturated carbocycles. The first-order valence-corrected chi connectivity index (χ1v) is 5.96. The summed E-state index contributed by atoms with van der Waals surface area (Å²) >= 11 is 0. The number of para-hydroxylation sites is 1. The molecule has 1 aliphatic carbocycles. The normalized spacial score (nSPS) is 19.2. The monoisotopic (exact) mass is 214 g/mol. The summed E-state index contributed by atoms with van der Waals surface area (Å²) in [5.41, 5.74) is 0.609. The van der Waals surface area contributed by atoms with Crippen LogP contribution in [0.15, 0.2) is 30.3 Å². The highest BCUT2D eigenvalue weighted by molar-refractivity contribution is 5.47. The molecule has 0 heterocycles. The third-order valence-corrected chi connectivity index (χ3v) is 3.36. The van der Waals surface area contributed by atoms with E-state index in [1.807, 2.05) is 37.3 Å². The van der Waals surface area contributed by atoms with Gasteiger partial charge in [-0.25, -0.2) is 0 Å². The number of benzene rings is 1. The zero-order valence-corrected chi connectivity index (χ0v) is 9.74. The van der Waals surface area contributed by atoms with Gasteiger partial charge in [0.25, 0.3) is 0 Å². The Morgan fingerprint density at radius 2 is 2.06 bits per heavy atom. The highest BCUT2D eigenvalue weighted by Crippen LogP contribution is 2.34. The van der Waals surface area contributed by atoms with Crippen LogP contribution in [0.25, 0.3) is 0 Å². The van der Waals surface area contributed by atoms with Gasteiger partial charge in [-0.15, -0.1) is 0 Å². The first-order valence-electron chi connectivity index (χ1n) is 5.96. The van der Waals surface area contributed by atoms with Crippen molar-refractivity contribution in [2.24, 2.45) is 5.92 Å². The van der Waals surface area contributed by atoms with Crippen molar-refractivity contribution >= 4 is 5.69 Å². The van der Waals surface area contributed by atoms with Gasteiger partial charge < -0.3 is 5.32 Å². The number of anilines is 1. The van der Waals surface area contributed by atoms with Gasteiger partial charge in [-0.3, -0.25) is 0 Å². The largest absolute Gasteiger partial charge is 0.368 e. The Labute approximate surface area is 97.3 Å². The van der Waals surface area contributed by atoms with Gasteiger partial charge in [-0.05, 0) is 31.4 Å². The summed E-state index contributed by atoms with van der Waals surface area (Å²) in [5.74, 6) is 0.737. The lowest BCUT2D eigenvalue weighted by Crippen LogP contribution is -2.36. The fourth-order valence-electron chi connectivity index (χ4n) is 2.24. The fourth-order valence-corrected chi connectivity index (χ4v) is 2.24. The van der Waals surface area contributed by atoms with Gasteiger partial charge in [0.2, 0.25) is 0 Å². The standard InChI is InChI=1S/C14H18N2/c1-14(11-15,10-12-6-5-7-12)16-13-8-3-2-4-9-13/h2-4,8-9,12,16H,5-7,10H2,1H3. The van der Waals surface area contributed by atoms with E-state index in [0.29, 0.717) is 0 Å². The third-order valence-electron chi connectivity index (χ3n) is 3.36. The minimum absolute atomic E-state index is 0.424. The zero-order valence-electron chi connectivity index (χ0n) is 9.74. The van der Waals surface area contributed by atoms with Crippen molar-refractivity contribution in [3.63, 3.8) is 0 Å². The van der Waals surface area contributed by atoms with E-state index in [0.717, 1.165) is 18.0 Å². The fraction of sp³-hybridized carbons (Fsp3) is 0.500. The third kappa shape index (κ3) is 2.55. The van der Waals surface area contributed by atoms with Crippen molar-refractivity contribution in [1.82, 2.24) is 0 Å². The van der Waals surface area contributed by atoms with E-state index < -0.39 is 5.54 Å². The number of hydrogen-bond acceptors (Lipinski definition) is 2. The second-order valence-corrected chi connectivity index (χ2v) is 4.94. The van der Waals surface area contributed by atoms with Crippen molar-refractivity contribution in [2.75, 3.05) is 5.32 Å². The van der Waals surface area contributed by atoms with Crippen molar-refractivity contribution in [1.29, 1.82) is 5.26 Å². The molecule has 1 atom stereocenters. The molecule has 0 radical (unpaired) electrons. The van der Waals surface area contributed by atoms with Crippen molar-refractivity contribution in [3.8, 4) is 6.07 Å². The average Bonchev–Trinajstić information content (AvgIpc) is 2.25. The number of nitriles is 1. The Morgan fingerprint density at radius 3 is 2.56 bits per heavy atom. The van der Waals surface area contributed by atoms with Gasteiger partial charge in [-0.1, -0.05) is 37.5 Å². The van der Waals surface area contributed by atoms with Gasteiger partial charge in [0.15, 0.2) is 0 Å². The van der Waals surface area contributed by atoms with E-state index >= 15 is 0 Å². The van der Waals surface area contributed by atoms with Crippen LogP contribution in [0.3, 0.4) is 0 Å². The maximum Gasteiger partial charge on any atom is 0.122 e. The van der Waals surface area contributed by atoms with Gasteiger partial charge in [0.05, 0.1) is 6.07 Å². The lowest BCUT2D eigenvalue weighted by molar-refractivity contribution is 0.267. The summed E-state index contributed by atoms with van der Waals surface area (Å²) in [5, 5.41) is 12.6. The highest BCUT2D eigenvalue weighted by atomic mass is 15.0. The number of nitrogens with one attached hydrogen (secondary N) is 1. The van der Waals surface area contributed by atoms with E-state index in [2.05, 4.69) is 11.4 Å². The minimum Gasteiger partial charge on any atom is -0.368 e. The molecular formula is C14H18N2. The quantitative estimate of drug-likeness (QED) is 0.831. The molecular weight excluding hydrogens is 196 g/mol. The molecule has 1 fully saturated rings. The summed E-state index contributed by atoms with van der Waals surface area (Å²) in [4.78, 5) is 0. The molecule has 0 spiro atoms. The number of nitrogens with zero attached hydrogens (tertiary/aromatic N) is 1. The van der Waals surface area contributed by atoms with E-state index in [1.54, 1.807) is 0 Å². The molecule has 1 aromatic rings. The molecule has 0 bridgehead atoms. The molecule has 1 aliphatic rings. The summed E-state index contributed by atoms with van der Waals surface area (Å²) in [7, 11) is 0.